The van der Waals surface area contributed by atoms with Crippen molar-refractivity contribution >= 4 is 11.8 Å². The van der Waals surface area contributed by atoms with E-state index in [-0.39, 0.29) is 5.89 Å². The Bertz CT molecular complexity index is 584. The lowest BCUT2D eigenvalue weighted by Crippen LogP contribution is -2.30. The van der Waals surface area contributed by atoms with Crippen molar-refractivity contribution < 1.29 is 22.8 Å². The first-order chi connectivity index (χ1) is 9.84. The van der Waals surface area contributed by atoms with Crippen LogP contribution < -0.4 is 0 Å². The number of aliphatic hydroxyl groups excluding tert-OH is 1. The molecule has 1 aromatic carbocycles. The van der Waals surface area contributed by atoms with Gasteiger partial charge in [0.15, 0.2) is 11.9 Å². The third-order valence-corrected chi connectivity index (χ3v) is 3.65. The van der Waals surface area contributed by atoms with Crippen LogP contribution in [0.5, 0.6) is 0 Å². The molecule has 21 heavy (non-hydrogen) atoms. The number of alkyl halides is 3. The van der Waals surface area contributed by atoms with Crippen LogP contribution in [-0.4, -0.2) is 27.5 Å². The Balaban J connectivity index is 1.90. The van der Waals surface area contributed by atoms with Crippen LogP contribution in [0.1, 0.15) is 17.3 Å². The van der Waals surface area contributed by atoms with Crippen molar-refractivity contribution in [3.05, 3.63) is 41.5 Å². The van der Waals surface area contributed by atoms with Gasteiger partial charge in [-0.1, -0.05) is 22.9 Å². The molecule has 0 aliphatic carbocycles. The van der Waals surface area contributed by atoms with Crippen LogP contribution in [0.3, 0.4) is 0 Å². The van der Waals surface area contributed by atoms with Gasteiger partial charge in [-0.15, -0.1) is 11.8 Å². The Kier molecular flexibility index (Phi) is 4.89. The molecule has 2 rings (SSSR count). The van der Waals surface area contributed by atoms with E-state index in [1.54, 1.807) is 0 Å². The van der Waals surface area contributed by atoms with Gasteiger partial charge in [0, 0.05) is 4.90 Å². The predicted molar refractivity (Wildman–Crippen MR) is 70.8 cm³/mol. The van der Waals surface area contributed by atoms with E-state index in [0.29, 0.717) is 11.6 Å². The maximum atomic E-state index is 12.2. The fourth-order valence-electron chi connectivity index (χ4n) is 1.50. The molecule has 1 aromatic heterocycles. The number of aliphatic hydroxyl groups is 1. The Labute approximate surface area is 123 Å². The maximum Gasteiger partial charge on any atom is 0.414 e. The van der Waals surface area contributed by atoms with E-state index < -0.39 is 18.7 Å². The molecule has 114 valence electrons. The molecule has 0 bridgehead atoms. The summed E-state index contributed by atoms with van der Waals surface area (Å²) < 4.78 is 41.3. The van der Waals surface area contributed by atoms with Crippen molar-refractivity contribution in [3.8, 4) is 0 Å². The van der Waals surface area contributed by atoms with Crippen molar-refractivity contribution in [1.29, 1.82) is 0 Å². The van der Waals surface area contributed by atoms with Crippen LogP contribution in [0.15, 0.2) is 33.7 Å². The number of benzene rings is 1. The van der Waals surface area contributed by atoms with Crippen LogP contribution >= 0.6 is 11.8 Å². The average Bonchev–Trinajstić information content (AvgIpc) is 2.85. The number of rotatable bonds is 5. The lowest BCUT2D eigenvalue weighted by atomic mass is 10.2. The number of nitrogens with zero attached hydrogens (tertiary/aromatic N) is 2. The second kappa shape index (κ2) is 6.48. The summed E-state index contributed by atoms with van der Waals surface area (Å²) in [5, 5.41) is 12.5. The minimum absolute atomic E-state index is 0.223. The second-order valence-electron chi connectivity index (χ2n) is 4.47. The summed E-state index contributed by atoms with van der Waals surface area (Å²) in [6.07, 6.45) is -7.91. The van der Waals surface area contributed by atoms with Crippen molar-refractivity contribution in [2.75, 3.05) is 0 Å². The summed E-state index contributed by atoms with van der Waals surface area (Å²) in [6, 6.07) is 7.80. The molecule has 0 fully saturated rings. The molecule has 1 unspecified atom stereocenters. The van der Waals surface area contributed by atoms with Crippen LogP contribution in [0.2, 0.25) is 0 Å². The molecule has 0 radical (unpaired) electrons. The highest BCUT2D eigenvalue weighted by molar-refractivity contribution is 7.98. The summed E-state index contributed by atoms with van der Waals surface area (Å²) >= 11 is 1.45. The SMILES string of the molecule is Cc1ccc(SCc2noc(CC(O)C(F)(F)F)n2)cc1. The Morgan fingerprint density at radius 1 is 1.29 bits per heavy atom. The standard InChI is InChI=1S/C13H13F3N2O2S/c1-8-2-4-9(5-3-8)21-7-11-17-12(20-18-11)6-10(19)13(14,15)16/h2-5,10,19H,6-7H2,1H3. The summed E-state index contributed by atoms with van der Waals surface area (Å²) in [5.41, 5.74) is 1.14. The number of thioether (sulfide) groups is 1. The lowest BCUT2D eigenvalue weighted by Gasteiger charge is -2.11. The van der Waals surface area contributed by atoms with E-state index in [1.165, 1.54) is 11.8 Å². The van der Waals surface area contributed by atoms with E-state index in [0.717, 1.165) is 10.5 Å². The van der Waals surface area contributed by atoms with Gasteiger partial charge < -0.3 is 9.63 Å². The fourth-order valence-corrected chi connectivity index (χ4v) is 2.24. The van der Waals surface area contributed by atoms with Gasteiger partial charge in [-0.05, 0) is 19.1 Å². The molecular formula is C13H13F3N2O2S. The summed E-state index contributed by atoms with van der Waals surface area (Å²) in [7, 11) is 0. The molecule has 1 heterocycles. The van der Waals surface area contributed by atoms with Gasteiger partial charge in [0.05, 0.1) is 12.2 Å². The molecule has 0 saturated heterocycles. The minimum atomic E-state index is -4.69. The first-order valence-electron chi connectivity index (χ1n) is 6.10. The van der Waals surface area contributed by atoms with Gasteiger partial charge in [0.1, 0.15) is 0 Å². The molecule has 0 amide bonds. The zero-order chi connectivity index (χ0) is 15.5. The number of halogens is 3. The van der Waals surface area contributed by atoms with E-state index in [1.807, 2.05) is 31.2 Å². The largest absolute Gasteiger partial charge is 0.414 e. The van der Waals surface area contributed by atoms with Crippen molar-refractivity contribution in [1.82, 2.24) is 10.1 Å². The topological polar surface area (TPSA) is 59.2 Å². The summed E-state index contributed by atoms with van der Waals surface area (Å²) in [4.78, 5) is 4.84. The highest BCUT2D eigenvalue weighted by Crippen LogP contribution is 2.24. The molecule has 2 aromatic rings. The van der Waals surface area contributed by atoms with Crippen LogP contribution in [0.4, 0.5) is 13.2 Å². The van der Waals surface area contributed by atoms with E-state index in [2.05, 4.69) is 10.1 Å². The molecule has 4 nitrogen and oxygen atoms in total. The van der Waals surface area contributed by atoms with E-state index in [9.17, 15) is 13.2 Å². The van der Waals surface area contributed by atoms with Crippen molar-refractivity contribution in [2.24, 2.45) is 0 Å². The van der Waals surface area contributed by atoms with Crippen molar-refractivity contribution in [2.45, 2.75) is 36.3 Å². The molecule has 0 aliphatic rings. The average molecular weight is 318 g/mol. The Morgan fingerprint density at radius 2 is 1.95 bits per heavy atom. The van der Waals surface area contributed by atoms with Gasteiger partial charge in [0.2, 0.25) is 5.89 Å². The van der Waals surface area contributed by atoms with Gasteiger partial charge in [-0.3, -0.25) is 0 Å². The normalized spacial score (nSPS) is 13.4. The zero-order valence-corrected chi connectivity index (χ0v) is 11.9. The van der Waals surface area contributed by atoms with Crippen LogP contribution in [0, 0.1) is 6.92 Å². The number of hydrogen-bond donors (Lipinski definition) is 1. The third-order valence-electron chi connectivity index (χ3n) is 2.64. The molecule has 8 heteroatoms. The first kappa shape index (κ1) is 15.8. The van der Waals surface area contributed by atoms with Gasteiger partial charge in [-0.2, -0.15) is 18.2 Å². The van der Waals surface area contributed by atoms with Crippen molar-refractivity contribution in [3.63, 3.8) is 0 Å². The lowest BCUT2D eigenvalue weighted by molar-refractivity contribution is -0.204. The summed E-state index contributed by atoms with van der Waals surface area (Å²) in [6.45, 7) is 1.98. The fraction of sp³-hybridized carbons (Fsp3) is 0.385. The van der Waals surface area contributed by atoms with Crippen LogP contribution in [0.25, 0.3) is 0 Å². The van der Waals surface area contributed by atoms with E-state index in [4.69, 9.17) is 9.63 Å². The second-order valence-corrected chi connectivity index (χ2v) is 5.52. The quantitative estimate of drug-likeness (QED) is 0.858. The first-order valence-corrected chi connectivity index (χ1v) is 7.09. The summed E-state index contributed by atoms with van der Waals surface area (Å²) in [5.74, 6) is 0.457. The van der Waals surface area contributed by atoms with E-state index >= 15 is 0 Å². The third kappa shape index (κ3) is 4.75. The van der Waals surface area contributed by atoms with Gasteiger partial charge in [-0.25, -0.2) is 0 Å². The highest BCUT2D eigenvalue weighted by atomic mass is 32.2. The Hall–Kier alpha value is -1.54. The number of aryl methyl sites for hydroxylation is 1. The molecule has 1 atom stereocenters. The van der Waals surface area contributed by atoms with Gasteiger partial charge >= 0.3 is 6.18 Å². The number of hydrogen-bond acceptors (Lipinski definition) is 5. The highest BCUT2D eigenvalue weighted by Gasteiger charge is 2.39. The molecule has 0 saturated carbocycles. The monoisotopic (exact) mass is 318 g/mol. The maximum absolute atomic E-state index is 12.2. The zero-order valence-electron chi connectivity index (χ0n) is 11.1. The van der Waals surface area contributed by atoms with Crippen LogP contribution in [-0.2, 0) is 12.2 Å². The molecule has 0 aliphatic heterocycles. The van der Waals surface area contributed by atoms with Gasteiger partial charge in [0.25, 0.3) is 0 Å². The smallest absolute Gasteiger partial charge is 0.383 e. The molecule has 0 spiro atoms. The number of aromatic nitrogens is 2. The minimum Gasteiger partial charge on any atom is -0.383 e. The molecule has 1 N–H and O–H groups in total. The Morgan fingerprint density at radius 3 is 2.57 bits per heavy atom. The predicted octanol–water partition coefficient (Wildman–Crippen LogP) is 3.14. The molecular weight excluding hydrogens is 305 g/mol.